The minimum Gasteiger partial charge on any atom is -0.341 e. The Labute approximate surface area is 164 Å². The van der Waals surface area contributed by atoms with Gasteiger partial charge in [0.2, 0.25) is 5.91 Å². The van der Waals surface area contributed by atoms with E-state index in [4.69, 9.17) is 0 Å². The van der Waals surface area contributed by atoms with E-state index in [0.29, 0.717) is 19.5 Å². The van der Waals surface area contributed by atoms with Crippen molar-refractivity contribution < 1.29 is 4.79 Å². The average Bonchev–Trinajstić information content (AvgIpc) is 3.25. The number of likely N-dealkylation sites (tertiary alicyclic amines) is 1. The number of pyridine rings is 1. The van der Waals surface area contributed by atoms with E-state index in [1.54, 1.807) is 0 Å². The summed E-state index contributed by atoms with van der Waals surface area (Å²) in [7, 11) is 0. The molecule has 0 saturated carbocycles. The topological polar surface area (TPSA) is 73.9 Å². The van der Waals surface area contributed by atoms with Crippen molar-refractivity contribution in [3.8, 4) is 0 Å². The van der Waals surface area contributed by atoms with Crippen molar-refractivity contribution in [3.63, 3.8) is 0 Å². The van der Waals surface area contributed by atoms with Crippen LogP contribution in [0.5, 0.6) is 0 Å². The molecule has 1 unspecified atom stereocenters. The van der Waals surface area contributed by atoms with Crippen molar-refractivity contribution in [1.29, 1.82) is 0 Å². The number of halogens is 1. The predicted octanol–water partition coefficient (Wildman–Crippen LogP) is 3.14. The fraction of sp³-hybridized carbons (Fsp3) is 0.350. The summed E-state index contributed by atoms with van der Waals surface area (Å²) in [5, 5.41) is 11.8. The molecule has 0 bridgehead atoms. The molecule has 3 heterocycles. The molecule has 1 aliphatic heterocycles. The lowest BCUT2D eigenvalue weighted by Gasteiger charge is -2.25. The van der Waals surface area contributed by atoms with Gasteiger partial charge in [-0.1, -0.05) is 30.3 Å². The highest BCUT2D eigenvalue weighted by Crippen LogP contribution is 2.20. The summed E-state index contributed by atoms with van der Waals surface area (Å²) in [6.45, 7) is 4.24. The first kappa shape index (κ1) is 19.3. The highest BCUT2D eigenvalue weighted by atomic mass is 35.5. The lowest BCUT2D eigenvalue weighted by atomic mass is 10.1. The van der Waals surface area contributed by atoms with Gasteiger partial charge in [-0.3, -0.25) is 9.89 Å². The van der Waals surface area contributed by atoms with E-state index in [1.165, 1.54) is 5.56 Å². The van der Waals surface area contributed by atoms with Crippen LogP contribution in [0.2, 0.25) is 0 Å². The van der Waals surface area contributed by atoms with Gasteiger partial charge in [0.05, 0.1) is 6.04 Å². The quantitative estimate of drug-likeness (QED) is 0.683. The number of carbonyl (C=O) groups is 1. The monoisotopic (exact) mass is 385 g/mol. The van der Waals surface area contributed by atoms with Gasteiger partial charge in [0.1, 0.15) is 0 Å². The zero-order chi connectivity index (χ0) is 17.9. The van der Waals surface area contributed by atoms with E-state index in [2.05, 4.69) is 38.7 Å². The Kier molecular flexibility index (Phi) is 6.08. The summed E-state index contributed by atoms with van der Waals surface area (Å²) in [6.07, 6.45) is 3.49. The summed E-state index contributed by atoms with van der Waals surface area (Å²) in [6, 6.07) is 12.5. The maximum Gasteiger partial charge on any atom is 0.222 e. The number of nitrogens with zero attached hydrogens (tertiary/aromatic N) is 3. The van der Waals surface area contributed by atoms with Crippen LogP contribution >= 0.6 is 12.4 Å². The first-order chi connectivity index (χ1) is 12.7. The SMILES string of the molecule is Cc1[nH]nc2ncc(CNC(CN3CCCC3=O)c3ccccc3)cc12.Cl. The normalized spacial score (nSPS) is 15.1. The van der Waals surface area contributed by atoms with Gasteiger partial charge in [-0.2, -0.15) is 5.10 Å². The number of aryl methyl sites for hydroxylation is 1. The average molecular weight is 386 g/mol. The van der Waals surface area contributed by atoms with Gasteiger partial charge in [0.15, 0.2) is 5.65 Å². The number of fused-ring (bicyclic) bond motifs is 1. The van der Waals surface area contributed by atoms with Crippen molar-refractivity contribution in [1.82, 2.24) is 25.4 Å². The van der Waals surface area contributed by atoms with Crippen LogP contribution in [-0.4, -0.2) is 39.1 Å². The molecule has 3 aromatic rings. The Bertz CT molecular complexity index is 911. The molecule has 1 atom stereocenters. The second kappa shape index (κ2) is 8.50. The molecule has 1 fully saturated rings. The molecule has 2 N–H and O–H groups in total. The van der Waals surface area contributed by atoms with Crippen LogP contribution in [0, 0.1) is 6.92 Å². The summed E-state index contributed by atoms with van der Waals surface area (Å²) in [4.78, 5) is 18.4. The summed E-state index contributed by atoms with van der Waals surface area (Å²) in [5.41, 5.74) is 4.07. The number of benzene rings is 1. The molecule has 6 nitrogen and oxygen atoms in total. The Morgan fingerprint density at radius 1 is 1.30 bits per heavy atom. The second-order valence-electron chi connectivity index (χ2n) is 6.85. The zero-order valence-electron chi connectivity index (χ0n) is 15.3. The van der Waals surface area contributed by atoms with Crippen molar-refractivity contribution in [3.05, 3.63) is 59.4 Å². The molecule has 2 aromatic heterocycles. The van der Waals surface area contributed by atoms with Crippen LogP contribution in [0.4, 0.5) is 0 Å². The van der Waals surface area contributed by atoms with Crippen molar-refractivity contribution in [2.75, 3.05) is 13.1 Å². The van der Waals surface area contributed by atoms with Crippen LogP contribution in [0.15, 0.2) is 42.6 Å². The van der Waals surface area contributed by atoms with E-state index >= 15 is 0 Å². The molecule has 1 aromatic carbocycles. The van der Waals surface area contributed by atoms with Gasteiger partial charge < -0.3 is 10.2 Å². The summed E-state index contributed by atoms with van der Waals surface area (Å²) in [5.74, 6) is 0.254. The molecule has 1 saturated heterocycles. The largest absolute Gasteiger partial charge is 0.341 e. The number of carbonyl (C=O) groups excluding carboxylic acids is 1. The van der Waals surface area contributed by atoms with Crippen LogP contribution in [0.1, 0.15) is 35.7 Å². The first-order valence-electron chi connectivity index (χ1n) is 9.06. The van der Waals surface area contributed by atoms with Crippen LogP contribution in [-0.2, 0) is 11.3 Å². The number of nitrogens with one attached hydrogen (secondary N) is 2. The lowest BCUT2D eigenvalue weighted by Crippen LogP contribution is -2.35. The highest BCUT2D eigenvalue weighted by Gasteiger charge is 2.24. The third-order valence-electron chi connectivity index (χ3n) is 4.99. The number of hydrogen-bond donors (Lipinski definition) is 2. The number of rotatable bonds is 6. The molecule has 27 heavy (non-hydrogen) atoms. The molecular formula is C20H24ClN5O. The smallest absolute Gasteiger partial charge is 0.222 e. The Morgan fingerprint density at radius 3 is 2.85 bits per heavy atom. The van der Waals surface area contributed by atoms with Crippen LogP contribution in [0.3, 0.4) is 0 Å². The van der Waals surface area contributed by atoms with Gasteiger partial charge in [0.25, 0.3) is 0 Å². The van der Waals surface area contributed by atoms with Crippen molar-refractivity contribution in [2.24, 2.45) is 0 Å². The van der Waals surface area contributed by atoms with Crippen molar-refractivity contribution >= 4 is 29.3 Å². The number of aromatic nitrogens is 3. The number of aromatic amines is 1. The first-order valence-corrected chi connectivity index (χ1v) is 9.06. The van der Waals surface area contributed by atoms with Crippen molar-refractivity contribution in [2.45, 2.75) is 32.4 Å². The molecule has 1 amide bonds. The maximum atomic E-state index is 12.0. The third kappa shape index (κ3) is 4.28. The fourth-order valence-corrected chi connectivity index (χ4v) is 3.49. The van der Waals surface area contributed by atoms with E-state index in [1.807, 2.05) is 36.2 Å². The van der Waals surface area contributed by atoms with Gasteiger partial charge >= 0.3 is 0 Å². The maximum absolute atomic E-state index is 12.0. The van der Waals surface area contributed by atoms with Gasteiger partial charge in [0, 0.05) is 43.3 Å². The Balaban J connectivity index is 0.00000210. The van der Waals surface area contributed by atoms with Gasteiger partial charge in [-0.05, 0) is 30.5 Å². The molecule has 0 aliphatic carbocycles. The Morgan fingerprint density at radius 2 is 2.11 bits per heavy atom. The van der Waals surface area contributed by atoms with E-state index < -0.39 is 0 Å². The van der Waals surface area contributed by atoms with Gasteiger partial charge in [-0.25, -0.2) is 4.98 Å². The van der Waals surface area contributed by atoms with E-state index in [0.717, 1.165) is 35.3 Å². The van der Waals surface area contributed by atoms with E-state index in [-0.39, 0.29) is 24.4 Å². The van der Waals surface area contributed by atoms with Crippen LogP contribution < -0.4 is 5.32 Å². The molecule has 1 aliphatic rings. The minimum absolute atomic E-state index is 0. The molecule has 4 rings (SSSR count). The molecule has 0 spiro atoms. The van der Waals surface area contributed by atoms with E-state index in [9.17, 15) is 4.79 Å². The number of H-pyrrole nitrogens is 1. The van der Waals surface area contributed by atoms with Gasteiger partial charge in [-0.15, -0.1) is 12.4 Å². The minimum atomic E-state index is 0. The highest BCUT2D eigenvalue weighted by molar-refractivity contribution is 5.85. The molecular weight excluding hydrogens is 362 g/mol. The summed E-state index contributed by atoms with van der Waals surface area (Å²) >= 11 is 0. The zero-order valence-corrected chi connectivity index (χ0v) is 16.1. The number of hydrogen-bond acceptors (Lipinski definition) is 4. The third-order valence-corrected chi connectivity index (χ3v) is 4.99. The standard InChI is InChI=1S/C20H23N5O.ClH/c1-14-17-10-15(12-22-20(17)24-23-14)11-21-18(16-6-3-2-4-7-16)13-25-9-5-8-19(25)26;/h2-4,6-7,10,12,18,21H,5,8-9,11,13H2,1H3,(H,22,23,24);1H. The number of amides is 1. The van der Waals surface area contributed by atoms with Crippen LogP contribution in [0.25, 0.3) is 11.0 Å². The molecule has 7 heteroatoms. The predicted molar refractivity (Wildman–Crippen MR) is 108 cm³/mol. The second-order valence-corrected chi connectivity index (χ2v) is 6.85. The lowest BCUT2D eigenvalue weighted by molar-refractivity contribution is -0.128. The molecule has 142 valence electrons. The molecule has 0 radical (unpaired) electrons. The summed E-state index contributed by atoms with van der Waals surface area (Å²) < 4.78 is 0. The fourth-order valence-electron chi connectivity index (χ4n) is 3.49. The Hall–Kier alpha value is -2.44.